The van der Waals surface area contributed by atoms with Crippen molar-refractivity contribution in [3.05, 3.63) is 34.0 Å². The largest absolute Gasteiger partial charge is 0.336 e. The highest BCUT2D eigenvalue weighted by atomic mass is 32.1. The van der Waals surface area contributed by atoms with E-state index in [9.17, 15) is 4.79 Å². The summed E-state index contributed by atoms with van der Waals surface area (Å²) in [4.78, 5) is 18.9. The van der Waals surface area contributed by atoms with Gasteiger partial charge < -0.3 is 10.2 Å². The van der Waals surface area contributed by atoms with Gasteiger partial charge in [0.05, 0.1) is 18.3 Å². The molecule has 3 heterocycles. The molecule has 0 aliphatic carbocycles. The summed E-state index contributed by atoms with van der Waals surface area (Å²) in [7, 11) is 0. The highest BCUT2D eigenvalue weighted by molar-refractivity contribution is 7.09. The van der Waals surface area contributed by atoms with Gasteiger partial charge in [0.15, 0.2) is 0 Å². The minimum atomic E-state index is 0.00595. The molecule has 1 aliphatic rings. The third-order valence-corrected chi connectivity index (χ3v) is 5.08. The summed E-state index contributed by atoms with van der Waals surface area (Å²) in [6.07, 6.45) is 5.03. The lowest BCUT2D eigenvalue weighted by molar-refractivity contribution is 0.151. The zero-order chi connectivity index (χ0) is 16.2. The van der Waals surface area contributed by atoms with Gasteiger partial charge in [-0.1, -0.05) is 0 Å². The van der Waals surface area contributed by atoms with Gasteiger partial charge in [-0.3, -0.25) is 4.68 Å². The maximum absolute atomic E-state index is 12.5. The molecule has 23 heavy (non-hydrogen) atoms. The quantitative estimate of drug-likeness (QED) is 0.936. The van der Waals surface area contributed by atoms with E-state index in [4.69, 9.17) is 0 Å². The first-order valence-electron chi connectivity index (χ1n) is 8.10. The van der Waals surface area contributed by atoms with Crippen LogP contribution in [0.15, 0.2) is 17.6 Å². The topological polar surface area (TPSA) is 63.1 Å². The van der Waals surface area contributed by atoms with Crippen molar-refractivity contribution >= 4 is 17.4 Å². The fraction of sp³-hybridized carbons (Fsp3) is 0.562. The first-order chi connectivity index (χ1) is 11.1. The molecule has 3 rings (SSSR count). The van der Waals surface area contributed by atoms with Crippen molar-refractivity contribution in [3.8, 4) is 0 Å². The Balaban J connectivity index is 1.57. The third-order valence-electron chi connectivity index (χ3n) is 4.20. The second kappa shape index (κ2) is 7.12. The molecule has 2 aromatic rings. The summed E-state index contributed by atoms with van der Waals surface area (Å²) in [5.74, 6) is 0. The number of hydrogen-bond donors (Lipinski definition) is 1. The van der Waals surface area contributed by atoms with Gasteiger partial charge in [-0.2, -0.15) is 5.10 Å². The van der Waals surface area contributed by atoms with Crippen LogP contribution in [0.4, 0.5) is 4.79 Å². The van der Waals surface area contributed by atoms with Gasteiger partial charge in [-0.25, -0.2) is 9.78 Å². The average molecular weight is 333 g/mol. The van der Waals surface area contributed by atoms with Crippen LogP contribution in [0.3, 0.4) is 0 Å². The van der Waals surface area contributed by atoms with E-state index in [1.54, 1.807) is 11.3 Å². The molecular formula is C16H23N5OS. The lowest BCUT2D eigenvalue weighted by atomic mass is 10.0. The second-order valence-electron chi connectivity index (χ2n) is 5.96. The summed E-state index contributed by atoms with van der Waals surface area (Å²) in [6.45, 7) is 6.10. The van der Waals surface area contributed by atoms with Crippen LogP contribution in [0.5, 0.6) is 0 Å². The number of amides is 2. The van der Waals surface area contributed by atoms with Gasteiger partial charge in [0.25, 0.3) is 0 Å². The van der Waals surface area contributed by atoms with Crippen molar-refractivity contribution in [3.63, 3.8) is 0 Å². The fourth-order valence-electron chi connectivity index (χ4n) is 3.10. The Morgan fingerprint density at radius 3 is 3.00 bits per heavy atom. The number of aromatic nitrogens is 3. The average Bonchev–Trinajstić information content (AvgIpc) is 3.17. The van der Waals surface area contributed by atoms with Crippen LogP contribution >= 0.6 is 11.3 Å². The van der Waals surface area contributed by atoms with E-state index >= 15 is 0 Å². The number of nitrogens with zero attached hydrogens (tertiary/aromatic N) is 4. The maximum atomic E-state index is 12.5. The molecule has 6 nitrogen and oxygen atoms in total. The highest BCUT2D eigenvalue weighted by Gasteiger charge is 2.29. The summed E-state index contributed by atoms with van der Waals surface area (Å²) < 4.78 is 1.93. The molecule has 0 saturated carbocycles. The Morgan fingerprint density at radius 1 is 1.43 bits per heavy atom. The molecule has 2 amide bonds. The van der Waals surface area contributed by atoms with E-state index in [1.807, 2.05) is 41.1 Å². The van der Waals surface area contributed by atoms with E-state index in [-0.39, 0.29) is 12.1 Å². The van der Waals surface area contributed by atoms with Gasteiger partial charge in [-0.15, -0.1) is 11.3 Å². The summed E-state index contributed by atoms with van der Waals surface area (Å²) in [5.41, 5.74) is 2.13. The number of piperidine rings is 1. The van der Waals surface area contributed by atoms with Gasteiger partial charge in [0.2, 0.25) is 0 Å². The Labute approximate surface area is 140 Å². The van der Waals surface area contributed by atoms with Gasteiger partial charge in [-0.05, 0) is 39.2 Å². The number of urea groups is 1. The van der Waals surface area contributed by atoms with Crippen LogP contribution in [0, 0.1) is 13.8 Å². The second-order valence-corrected chi connectivity index (χ2v) is 6.88. The molecular weight excluding hydrogens is 310 g/mol. The number of thiazole rings is 1. The van der Waals surface area contributed by atoms with Crippen molar-refractivity contribution in [1.29, 1.82) is 0 Å². The number of carbonyl (C=O) groups excluding carboxylic acids is 1. The molecule has 0 spiro atoms. The number of likely N-dealkylation sites (tertiary alicyclic amines) is 1. The molecule has 1 atom stereocenters. The zero-order valence-electron chi connectivity index (χ0n) is 13.7. The maximum Gasteiger partial charge on any atom is 0.318 e. The molecule has 7 heteroatoms. The fourth-order valence-corrected chi connectivity index (χ4v) is 3.89. The SMILES string of the molecule is Cc1cc(C)n(CCNC(=O)N2CCCC[C@H]2c2nccs2)n1. The highest BCUT2D eigenvalue weighted by Crippen LogP contribution is 2.31. The van der Waals surface area contributed by atoms with E-state index in [0.29, 0.717) is 13.1 Å². The minimum Gasteiger partial charge on any atom is -0.336 e. The number of aryl methyl sites for hydroxylation is 2. The third kappa shape index (κ3) is 3.72. The molecule has 124 valence electrons. The molecule has 1 aliphatic heterocycles. The molecule has 0 radical (unpaired) electrons. The van der Waals surface area contributed by atoms with Crippen molar-refractivity contribution in [2.24, 2.45) is 0 Å². The Kier molecular flexibility index (Phi) is 4.95. The molecule has 1 fully saturated rings. The zero-order valence-corrected chi connectivity index (χ0v) is 14.5. The number of rotatable bonds is 4. The summed E-state index contributed by atoms with van der Waals surface area (Å²) in [6, 6.07) is 2.18. The lowest BCUT2D eigenvalue weighted by Crippen LogP contribution is -2.45. The number of nitrogens with one attached hydrogen (secondary N) is 1. The van der Waals surface area contributed by atoms with Crippen molar-refractivity contribution in [2.75, 3.05) is 13.1 Å². The monoisotopic (exact) mass is 333 g/mol. The van der Waals surface area contributed by atoms with Crippen LogP contribution < -0.4 is 5.32 Å². The van der Waals surface area contributed by atoms with Crippen LogP contribution in [0.1, 0.15) is 41.7 Å². The standard InChI is InChI=1S/C16H23N5OS/c1-12-11-13(2)21(19-12)9-6-18-16(22)20-8-4-3-5-14(20)15-17-7-10-23-15/h7,10-11,14H,3-6,8-9H2,1-2H3,(H,18,22)/t14-/m0/s1. The van der Waals surface area contributed by atoms with E-state index in [0.717, 1.165) is 42.2 Å². The van der Waals surface area contributed by atoms with Crippen LogP contribution in [0.25, 0.3) is 0 Å². The molecule has 0 unspecified atom stereocenters. The van der Waals surface area contributed by atoms with Crippen LogP contribution in [0.2, 0.25) is 0 Å². The predicted octanol–water partition coefficient (Wildman–Crippen LogP) is 2.89. The Morgan fingerprint density at radius 2 is 2.30 bits per heavy atom. The van der Waals surface area contributed by atoms with Crippen LogP contribution in [-0.4, -0.2) is 38.8 Å². The first-order valence-corrected chi connectivity index (χ1v) is 8.98. The summed E-state index contributed by atoms with van der Waals surface area (Å²) >= 11 is 1.63. The van der Waals surface area contributed by atoms with Gasteiger partial charge in [0, 0.05) is 30.4 Å². The van der Waals surface area contributed by atoms with E-state index in [2.05, 4.69) is 15.4 Å². The van der Waals surface area contributed by atoms with Gasteiger partial charge >= 0.3 is 6.03 Å². The molecule has 1 N–H and O–H groups in total. The molecule has 2 aromatic heterocycles. The van der Waals surface area contributed by atoms with Crippen LogP contribution in [-0.2, 0) is 6.54 Å². The predicted molar refractivity (Wildman–Crippen MR) is 90.5 cm³/mol. The lowest BCUT2D eigenvalue weighted by Gasteiger charge is -2.34. The number of carbonyl (C=O) groups is 1. The van der Waals surface area contributed by atoms with Crippen molar-refractivity contribution < 1.29 is 4.79 Å². The molecule has 0 bridgehead atoms. The minimum absolute atomic E-state index is 0.00595. The van der Waals surface area contributed by atoms with E-state index in [1.165, 1.54) is 0 Å². The number of hydrogen-bond acceptors (Lipinski definition) is 4. The smallest absolute Gasteiger partial charge is 0.318 e. The normalized spacial score (nSPS) is 18.2. The van der Waals surface area contributed by atoms with E-state index < -0.39 is 0 Å². The van der Waals surface area contributed by atoms with Crippen molar-refractivity contribution in [1.82, 2.24) is 25.0 Å². The van der Waals surface area contributed by atoms with Crippen molar-refractivity contribution in [2.45, 2.75) is 45.7 Å². The van der Waals surface area contributed by atoms with Gasteiger partial charge in [0.1, 0.15) is 5.01 Å². The molecule has 1 saturated heterocycles. The first kappa shape index (κ1) is 16.0. The summed E-state index contributed by atoms with van der Waals surface area (Å²) in [5, 5.41) is 10.5. The Hall–Kier alpha value is -1.89. The molecule has 0 aromatic carbocycles. The Bertz CT molecular complexity index is 651.